The third kappa shape index (κ3) is 3.61. The molecule has 1 heterocycles. The number of anilines is 1. The smallest absolute Gasteiger partial charge is 0.224 e. The van der Waals surface area contributed by atoms with E-state index in [0.29, 0.717) is 24.1 Å². The van der Waals surface area contributed by atoms with Crippen molar-refractivity contribution in [2.75, 3.05) is 5.32 Å². The fourth-order valence-electron chi connectivity index (χ4n) is 2.43. The Morgan fingerprint density at radius 2 is 1.82 bits per heavy atom. The Kier molecular flexibility index (Phi) is 4.75. The Bertz CT molecular complexity index is 699. The standard InChI is InChI=1S/C17H21N3O2/c1-11-16(12(2)20(4)19-11)9-10-17(22)18-15-7-5-14(6-8-15)13(3)21/h5-8H,9-10H2,1-4H3,(H,18,22). The van der Waals surface area contributed by atoms with Gasteiger partial charge in [-0.25, -0.2) is 0 Å². The van der Waals surface area contributed by atoms with Crippen LogP contribution in [0, 0.1) is 13.8 Å². The van der Waals surface area contributed by atoms with Gasteiger partial charge in [-0.3, -0.25) is 14.3 Å². The summed E-state index contributed by atoms with van der Waals surface area (Å²) in [7, 11) is 1.91. The van der Waals surface area contributed by atoms with E-state index in [4.69, 9.17) is 0 Å². The number of carbonyl (C=O) groups excluding carboxylic acids is 2. The Hall–Kier alpha value is -2.43. The second-order valence-corrected chi connectivity index (χ2v) is 5.45. The molecule has 0 aliphatic heterocycles. The van der Waals surface area contributed by atoms with Crippen LogP contribution >= 0.6 is 0 Å². The number of carbonyl (C=O) groups is 2. The number of aryl methyl sites for hydroxylation is 2. The first-order chi connectivity index (χ1) is 10.4. The van der Waals surface area contributed by atoms with Crippen LogP contribution in [0.5, 0.6) is 0 Å². The van der Waals surface area contributed by atoms with Gasteiger partial charge in [0.2, 0.25) is 5.91 Å². The number of benzene rings is 1. The SMILES string of the molecule is CC(=O)c1ccc(NC(=O)CCc2c(C)nn(C)c2C)cc1. The van der Waals surface area contributed by atoms with E-state index in [1.54, 1.807) is 24.3 Å². The zero-order valence-corrected chi connectivity index (χ0v) is 13.4. The molecule has 116 valence electrons. The first kappa shape index (κ1) is 15.9. The Labute approximate surface area is 130 Å². The highest BCUT2D eigenvalue weighted by Gasteiger charge is 2.11. The molecule has 2 aromatic rings. The summed E-state index contributed by atoms with van der Waals surface area (Å²) in [5, 5.41) is 7.20. The van der Waals surface area contributed by atoms with Gasteiger partial charge in [-0.2, -0.15) is 5.10 Å². The van der Waals surface area contributed by atoms with Crippen LogP contribution in [-0.2, 0) is 18.3 Å². The summed E-state index contributed by atoms with van der Waals surface area (Å²) >= 11 is 0. The maximum Gasteiger partial charge on any atom is 0.224 e. The van der Waals surface area contributed by atoms with Crippen molar-refractivity contribution in [3.8, 4) is 0 Å². The number of ketones is 1. The van der Waals surface area contributed by atoms with Crippen molar-refractivity contribution in [3.63, 3.8) is 0 Å². The fourth-order valence-corrected chi connectivity index (χ4v) is 2.43. The van der Waals surface area contributed by atoms with Gasteiger partial charge in [0.05, 0.1) is 5.69 Å². The van der Waals surface area contributed by atoms with Gasteiger partial charge in [-0.15, -0.1) is 0 Å². The van der Waals surface area contributed by atoms with E-state index < -0.39 is 0 Å². The predicted octanol–water partition coefficient (Wildman–Crippen LogP) is 2.81. The number of hydrogen-bond acceptors (Lipinski definition) is 3. The minimum Gasteiger partial charge on any atom is -0.326 e. The number of Topliss-reactive ketones (excluding diaryl/α,β-unsaturated/α-hetero) is 1. The number of rotatable bonds is 5. The minimum absolute atomic E-state index is 0.0143. The summed E-state index contributed by atoms with van der Waals surface area (Å²) < 4.78 is 1.84. The fraction of sp³-hybridized carbons (Fsp3) is 0.353. The lowest BCUT2D eigenvalue weighted by Crippen LogP contribution is -2.12. The lowest BCUT2D eigenvalue weighted by Gasteiger charge is -2.06. The molecule has 1 aromatic heterocycles. The Morgan fingerprint density at radius 1 is 1.18 bits per heavy atom. The highest BCUT2D eigenvalue weighted by molar-refractivity contribution is 5.95. The van der Waals surface area contributed by atoms with Crippen molar-refractivity contribution in [1.29, 1.82) is 0 Å². The molecule has 0 atom stereocenters. The molecule has 0 aliphatic rings. The van der Waals surface area contributed by atoms with Crippen LogP contribution in [-0.4, -0.2) is 21.5 Å². The maximum atomic E-state index is 12.0. The summed E-state index contributed by atoms with van der Waals surface area (Å²) in [6.07, 6.45) is 1.07. The van der Waals surface area contributed by atoms with Crippen LogP contribution in [0.2, 0.25) is 0 Å². The molecule has 1 aromatic carbocycles. The Balaban J connectivity index is 1.94. The monoisotopic (exact) mass is 299 g/mol. The molecule has 0 bridgehead atoms. The molecule has 0 unspecified atom stereocenters. The molecular formula is C17H21N3O2. The lowest BCUT2D eigenvalue weighted by atomic mass is 10.1. The molecule has 0 saturated heterocycles. The van der Waals surface area contributed by atoms with E-state index in [1.807, 2.05) is 25.6 Å². The molecule has 1 amide bonds. The van der Waals surface area contributed by atoms with Gasteiger partial charge in [0.15, 0.2) is 5.78 Å². The number of aromatic nitrogens is 2. The van der Waals surface area contributed by atoms with Crippen molar-refractivity contribution < 1.29 is 9.59 Å². The van der Waals surface area contributed by atoms with E-state index in [2.05, 4.69) is 10.4 Å². The predicted molar refractivity (Wildman–Crippen MR) is 86.1 cm³/mol. The minimum atomic E-state index is -0.0433. The third-order valence-corrected chi connectivity index (χ3v) is 3.84. The number of nitrogens with one attached hydrogen (secondary N) is 1. The second-order valence-electron chi connectivity index (χ2n) is 5.45. The van der Waals surface area contributed by atoms with E-state index in [1.165, 1.54) is 6.92 Å². The highest BCUT2D eigenvalue weighted by atomic mass is 16.1. The van der Waals surface area contributed by atoms with E-state index in [0.717, 1.165) is 17.0 Å². The molecule has 0 radical (unpaired) electrons. The zero-order valence-electron chi connectivity index (χ0n) is 13.4. The first-order valence-electron chi connectivity index (χ1n) is 7.28. The molecule has 1 N–H and O–H groups in total. The van der Waals surface area contributed by atoms with Crippen LogP contribution in [0.25, 0.3) is 0 Å². The average molecular weight is 299 g/mol. The second kappa shape index (κ2) is 6.56. The van der Waals surface area contributed by atoms with E-state index >= 15 is 0 Å². The van der Waals surface area contributed by atoms with Crippen molar-refractivity contribution in [3.05, 3.63) is 46.8 Å². The van der Waals surface area contributed by atoms with Crippen molar-refractivity contribution >= 4 is 17.4 Å². The van der Waals surface area contributed by atoms with Gasteiger partial charge in [-0.1, -0.05) is 0 Å². The van der Waals surface area contributed by atoms with Gasteiger partial charge in [0.25, 0.3) is 0 Å². The van der Waals surface area contributed by atoms with Gasteiger partial charge in [0, 0.05) is 30.4 Å². The van der Waals surface area contributed by atoms with Crippen molar-refractivity contribution in [2.45, 2.75) is 33.6 Å². The van der Waals surface area contributed by atoms with Gasteiger partial charge < -0.3 is 5.32 Å². The van der Waals surface area contributed by atoms with Crippen LogP contribution in [0.1, 0.15) is 40.7 Å². The summed E-state index contributed by atoms with van der Waals surface area (Å²) in [6.45, 7) is 5.49. The van der Waals surface area contributed by atoms with Crippen LogP contribution < -0.4 is 5.32 Å². The summed E-state index contributed by atoms with van der Waals surface area (Å²) in [4.78, 5) is 23.2. The molecule has 5 heteroatoms. The molecule has 0 aliphatic carbocycles. The molecular weight excluding hydrogens is 278 g/mol. The number of amides is 1. The van der Waals surface area contributed by atoms with Crippen molar-refractivity contribution in [1.82, 2.24) is 9.78 Å². The molecule has 0 fully saturated rings. The number of hydrogen-bond donors (Lipinski definition) is 1. The summed E-state index contributed by atoms with van der Waals surface area (Å²) in [5.74, 6) is -0.0290. The summed E-state index contributed by atoms with van der Waals surface area (Å²) in [5.41, 5.74) is 4.54. The van der Waals surface area contributed by atoms with Crippen molar-refractivity contribution in [2.24, 2.45) is 7.05 Å². The lowest BCUT2D eigenvalue weighted by molar-refractivity contribution is -0.116. The molecule has 0 saturated carbocycles. The van der Waals surface area contributed by atoms with Crippen LogP contribution in [0.15, 0.2) is 24.3 Å². The van der Waals surface area contributed by atoms with Crippen LogP contribution in [0.4, 0.5) is 5.69 Å². The van der Waals surface area contributed by atoms with Crippen LogP contribution in [0.3, 0.4) is 0 Å². The highest BCUT2D eigenvalue weighted by Crippen LogP contribution is 2.15. The molecule has 2 rings (SSSR count). The van der Waals surface area contributed by atoms with Gasteiger partial charge >= 0.3 is 0 Å². The normalized spacial score (nSPS) is 10.5. The Morgan fingerprint density at radius 3 is 2.32 bits per heavy atom. The summed E-state index contributed by atoms with van der Waals surface area (Å²) in [6, 6.07) is 6.92. The number of nitrogens with zero attached hydrogens (tertiary/aromatic N) is 2. The van der Waals surface area contributed by atoms with E-state index in [9.17, 15) is 9.59 Å². The zero-order chi connectivity index (χ0) is 16.3. The third-order valence-electron chi connectivity index (χ3n) is 3.84. The topological polar surface area (TPSA) is 64.0 Å². The molecule has 5 nitrogen and oxygen atoms in total. The quantitative estimate of drug-likeness (QED) is 0.863. The van der Waals surface area contributed by atoms with Gasteiger partial charge in [-0.05, 0) is 57.0 Å². The largest absolute Gasteiger partial charge is 0.326 e. The molecule has 0 spiro atoms. The molecule has 22 heavy (non-hydrogen) atoms. The maximum absolute atomic E-state index is 12.0. The van der Waals surface area contributed by atoms with Gasteiger partial charge in [0.1, 0.15) is 0 Å². The van der Waals surface area contributed by atoms with E-state index in [-0.39, 0.29) is 11.7 Å². The first-order valence-corrected chi connectivity index (χ1v) is 7.28. The average Bonchev–Trinajstić information content (AvgIpc) is 2.70.